The lowest BCUT2D eigenvalue weighted by atomic mass is 10.1. The van der Waals surface area contributed by atoms with Crippen molar-refractivity contribution in [3.8, 4) is 17.2 Å². The number of nitrogens with zero attached hydrogens (tertiary/aromatic N) is 3. The molecule has 0 amide bonds. The normalized spacial score (nSPS) is 13.8. The van der Waals surface area contributed by atoms with Crippen molar-refractivity contribution < 1.29 is 14.6 Å². The number of aliphatic hydroxyl groups excluding tert-OH is 1. The van der Waals surface area contributed by atoms with Crippen LogP contribution in [-0.4, -0.2) is 39.2 Å². The SMILES string of the molecule is Cc1cc(C)n(-c2cccc(CN(Cc3ccc4c(c3)OCO4)CC(C)O)c2)n1. The van der Waals surface area contributed by atoms with E-state index in [0.29, 0.717) is 13.1 Å². The standard InChI is InChI=1S/C23H27N3O3/c1-16-9-17(2)26(24-16)21-6-4-5-19(10-21)13-25(12-18(3)27)14-20-7-8-22-23(11-20)29-15-28-22/h4-11,18,27H,12-15H2,1-3H3. The molecule has 1 unspecified atom stereocenters. The number of aryl methyl sites for hydroxylation is 2. The van der Waals surface area contributed by atoms with Crippen molar-refractivity contribution in [1.29, 1.82) is 0 Å². The van der Waals surface area contributed by atoms with Gasteiger partial charge in [0, 0.05) is 25.3 Å². The third-order valence-electron chi connectivity index (χ3n) is 4.94. The van der Waals surface area contributed by atoms with Gasteiger partial charge in [0.25, 0.3) is 0 Å². The van der Waals surface area contributed by atoms with Gasteiger partial charge in [-0.05, 0) is 62.2 Å². The number of rotatable bonds is 7. The molecule has 29 heavy (non-hydrogen) atoms. The average molecular weight is 393 g/mol. The average Bonchev–Trinajstić information content (AvgIpc) is 3.26. The predicted molar refractivity (Wildman–Crippen MR) is 111 cm³/mol. The van der Waals surface area contributed by atoms with Crippen LogP contribution >= 0.6 is 0 Å². The van der Waals surface area contributed by atoms with Gasteiger partial charge >= 0.3 is 0 Å². The summed E-state index contributed by atoms with van der Waals surface area (Å²) in [5, 5.41) is 14.6. The molecular formula is C23H27N3O3. The Labute approximate surface area is 171 Å². The topological polar surface area (TPSA) is 59.8 Å². The summed E-state index contributed by atoms with van der Waals surface area (Å²) in [4.78, 5) is 2.24. The molecule has 1 N–H and O–H groups in total. The summed E-state index contributed by atoms with van der Waals surface area (Å²) in [6.07, 6.45) is -0.414. The van der Waals surface area contributed by atoms with Crippen LogP contribution < -0.4 is 9.47 Å². The van der Waals surface area contributed by atoms with Crippen molar-refractivity contribution in [1.82, 2.24) is 14.7 Å². The molecule has 0 aliphatic carbocycles. The lowest BCUT2D eigenvalue weighted by molar-refractivity contribution is 0.118. The van der Waals surface area contributed by atoms with E-state index in [1.807, 2.05) is 30.7 Å². The zero-order chi connectivity index (χ0) is 20.4. The summed E-state index contributed by atoms with van der Waals surface area (Å²) in [6.45, 7) is 8.18. The highest BCUT2D eigenvalue weighted by atomic mass is 16.7. The van der Waals surface area contributed by atoms with E-state index in [1.54, 1.807) is 0 Å². The molecule has 1 atom stereocenters. The second kappa shape index (κ2) is 8.27. The van der Waals surface area contributed by atoms with Gasteiger partial charge in [-0.3, -0.25) is 4.90 Å². The number of hydrogen-bond acceptors (Lipinski definition) is 5. The molecule has 2 heterocycles. The first-order valence-electron chi connectivity index (χ1n) is 9.89. The molecule has 1 aliphatic heterocycles. The van der Waals surface area contributed by atoms with E-state index < -0.39 is 6.10 Å². The lowest BCUT2D eigenvalue weighted by Crippen LogP contribution is -2.30. The third-order valence-corrected chi connectivity index (χ3v) is 4.94. The van der Waals surface area contributed by atoms with E-state index in [2.05, 4.69) is 53.3 Å². The van der Waals surface area contributed by atoms with Crippen LogP contribution in [0.25, 0.3) is 5.69 Å². The van der Waals surface area contributed by atoms with Crippen molar-refractivity contribution in [3.63, 3.8) is 0 Å². The summed E-state index contributed by atoms with van der Waals surface area (Å²) in [7, 11) is 0. The zero-order valence-electron chi connectivity index (χ0n) is 17.1. The molecular weight excluding hydrogens is 366 g/mol. The van der Waals surface area contributed by atoms with E-state index in [-0.39, 0.29) is 6.79 Å². The van der Waals surface area contributed by atoms with Crippen molar-refractivity contribution in [2.45, 2.75) is 40.0 Å². The minimum absolute atomic E-state index is 0.273. The molecule has 0 bridgehead atoms. The molecule has 6 nitrogen and oxygen atoms in total. The Morgan fingerprint density at radius 1 is 1.03 bits per heavy atom. The maximum absolute atomic E-state index is 10.0. The maximum Gasteiger partial charge on any atom is 0.231 e. The molecule has 0 fully saturated rings. The molecule has 0 radical (unpaired) electrons. The summed E-state index contributed by atoms with van der Waals surface area (Å²) in [5.74, 6) is 1.57. The van der Waals surface area contributed by atoms with Crippen LogP contribution in [0.5, 0.6) is 11.5 Å². The van der Waals surface area contributed by atoms with Gasteiger partial charge < -0.3 is 14.6 Å². The first-order chi connectivity index (χ1) is 14.0. The fourth-order valence-corrected chi connectivity index (χ4v) is 3.79. The molecule has 2 aromatic carbocycles. The molecule has 4 rings (SSSR count). The van der Waals surface area contributed by atoms with Gasteiger partial charge in [-0.1, -0.05) is 18.2 Å². The van der Waals surface area contributed by atoms with Crippen molar-refractivity contribution in [2.24, 2.45) is 0 Å². The third kappa shape index (κ3) is 4.60. The quantitative estimate of drug-likeness (QED) is 0.665. The van der Waals surface area contributed by atoms with E-state index in [4.69, 9.17) is 9.47 Å². The van der Waals surface area contributed by atoms with Crippen molar-refractivity contribution in [3.05, 3.63) is 71.0 Å². The van der Waals surface area contributed by atoms with E-state index >= 15 is 0 Å². The second-order valence-corrected chi connectivity index (χ2v) is 7.72. The van der Waals surface area contributed by atoms with Gasteiger partial charge in [-0.2, -0.15) is 5.10 Å². The molecule has 6 heteroatoms. The van der Waals surface area contributed by atoms with Gasteiger partial charge in [-0.15, -0.1) is 0 Å². The Bertz CT molecular complexity index is 997. The van der Waals surface area contributed by atoms with Gasteiger partial charge in [0.2, 0.25) is 6.79 Å². The fraction of sp³-hybridized carbons (Fsp3) is 0.348. The zero-order valence-corrected chi connectivity index (χ0v) is 17.1. The number of hydrogen-bond donors (Lipinski definition) is 1. The van der Waals surface area contributed by atoms with Crippen LogP contribution in [0.1, 0.15) is 29.4 Å². The van der Waals surface area contributed by atoms with Crippen LogP contribution in [0.3, 0.4) is 0 Å². The van der Waals surface area contributed by atoms with Crippen molar-refractivity contribution >= 4 is 0 Å². The summed E-state index contributed by atoms with van der Waals surface area (Å²) in [6, 6.07) is 16.5. The summed E-state index contributed by atoms with van der Waals surface area (Å²) in [5.41, 5.74) is 5.47. The summed E-state index contributed by atoms with van der Waals surface area (Å²) < 4.78 is 12.9. The Kier molecular flexibility index (Phi) is 5.56. The Morgan fingerprint density at radius 3 is 2.52 bits per heavy atom. The molecule has 152 valence electrons. The maximum atomic E-state index is 10.0. The molecule has 1 aliphatic rings. The highest BCUT2D eigenvalue weighted by Crippen LogP contribution is 2.33. The highest BCUT2D eigenvalue weighted by molar-refractivity contribution is 5.44. The van der Waals surface area contributed by atoms with Crippen LogP contribution in [0.4, 0.5) is 0 Å². The van der Waals surface area contributed by atoms with Gasteiger partial charge in [-0.25, -0.2) is 4.68 Å². The highest BCUT2D eigenvalue weighted by Gasteiger charge is 2.16. The Morgan fingerprint density at radius 2 is 1.79 bits per heavy atom. The smallest absolute Gasteiger partial charge is 0.231 e. The number of aromatic nitrogens is 2. The number of ether oxygens (including phenoxy) is 2. The van der Waals surface area contributed by atoms with Gasteiger partial charge in [0.05, 0.1) is 17.5 Å². The molecule has 3 aromatic rings. The predicted octanol–water partition coefficient (Wildman–Crippen LogP) is 3.60. The first-order valence-corrected chi connectivity index (χ1v) is 9.89. The van der Waals surface area contributed by atoms with Gasteiger partial charge in [0.1, 0.15) is 0 Å². The fourth-order valence-electron chi connectivity index (χ4n) is 3.79. The van der Waals surface area contributed by atoms with Gasteiger partial charge in [0.15, 0.2) is 11.5 Å². The number of fused-ring (bicyclic) bond motifs is 1. The molecule has 0 spiro atoms. The molecule has 1 aromatic heterocycles. The van der Waals surface area contributed by atoms with Crippen LogP contribution in [0, 0.1) is 13.8 Å². The largest absolute Gasteiger partial charge is 0.454 e. The number of aliphatic hydroxyl groups is 1. The molecule has 0 saturated carbocycles. The van der Waals surface area contributed by atoms with Crippen LogP contribution in [0.15, 0.2) is 48.5 Å². The monoisotopic (exact) mass is 393 g/mol. The van der Waals surface area contributed by atoms with E-state index in [1.165, 1.54) is 5.56 Å². The van der Waals surface area contributed by atoms with E-state index in [0.717, 1.165) is 40.7 Å². The van der Waals surface area contributed by atoms with E-state index in [9.17, 15) is 5.11 Å². The van der Waals surface area contributed by atoms with Crippen LogP contribution in [0.2, 0.25) is 0 Å². The Hall–Kier alpha value is -2.83. The second-order valence-electron chi connectivity index (χ2n) is 7.72. The minimum Gasteiger partial charge on any atom is -0.454 e. The van der Waals surface area contributed by atoms with Crippen molar-refractivity contribution in [2.75, 3.05) is 13.3 Å². The first kappa shape index (κ1) is 19.5. The number of benzene rings is 2. The minimum atomic E-state index is -0.414. The summed E-state index contributed by atoms with van der Waals surface area (Å²) >= 11 is 0. The molecule has 0 saturated heterocycles. The van der Waals surface area contributed by atoms with Crippen LogP contribution in [-0.2, 0) is 13.1 Å². The lowest BCUT2D eigenvalue weighted by Gasteiger charge is -2.24. The Balaban J connectivity index is 1.54.